The molecule has 0 fully saturated rings. The Labute approximate surface area is 98.5 Å². The summed E-state index contributed by atoms with van der Waals surface area (Å²) < 4.78 is 9.81. The van der Waals surface area contributed by atoms with Crippen LogP contribution >= 0.6 is 0 Å². The van der Waals surface area contributed by atoms with E-state index < -0.39 is 11.9 Å². The molecule has 0 radical (unpaired) electrons. The van der Waals surface area contributed by atoms with Gasteiger partial charge in [0.1, 0.15) is 12.4 Å². The Bertz CT molecular complexity index is 431. The number of rotatable bonds is 5. The van der Waals surface area contributed by atoms with Crippen molar-refractivity contribution < 1.29 is 19.1 Å². The standard InChI is InChI=1S/C11H14N2O4/c1-16-7-2-3-9(12)8(6-7)11(15)17-5-4-10(13)14/h2-3,6H,4-5,12H2,1H3,(H2,13,14). The van der Waals surface area contributed by atoms with Crippen LogP contribution in [0, 0.1) is 0 Å². The zero-order valence-corrected chi connectivity index (χ0v) is 9.43. The van der Waals surface area contributed by atoms with Gasteiger partial charge in [0.25, 0.3) is 0 Å². The van der Waals surface area contributed by atoms with Crippen molar-refractivity contribution in [2.24, 2.45) is 5.73 Å². The summed E-state index contributed by atoms with van der Waals surface area (Å²) in [6.45, 7) is -0.0647. The third-order valence-corrected chi connectivity index (χ3v) is 2.06. The van der Waals surface area contributed by atoms with E-state index in [2.05, 4.69) is 0 Å². The number of esters is 1. The van der Waals surface area contributed by atoms with Crippen molar-refractivity contribution in [2.75, 3.05) is 19.5 Å². The Hall–Kier alpha value is -2.24. The van der Waals surface area contributed by atoms with Gasteiger partial charge < -0.3 is 20.9 Å². The number of nitrogen functional groups attached to an aromatic ring is 1. The van der Waals surface area contributed by atoms with E-state index in [-0.39, 0.29) is 24.3 Å². The predicted octanol–water partition coefficient (Wildman–Crippen LogP) is 0.310. The molecule has 4 N–H and O–H groups in total. The van der Waals surface area contributed by atoms with Gasteiger partial charge >= 0.3 is 5.97 Å². The van der Waals surface area contributed by atoms with Crippen molar-refractivity contribution >= 4 is 17.6 Å². The lowest BCUT2D eigenvalue weighted by atomic mass is 10.2. The number of amides is 1. The number of carbonyl (C=O) groups excluding carboxylic acids is 2. The summed E-state index contributed by atoms with van der Waals surface area (Å²) in [5.74, 6) is -0.639. The second-order valence-electron chi connectivity index (χ2n) is 3.31. The van der Waals surface area contributed by atoms with E-state index in [0.29, 0.717) is 5.75 Å². The highest BCUT2D eigenvalue weighted by Crippen LogP contribution is 2.20. The number of primary amides is 1. The first-order chi connectivity index (χ1) is 8.04. The molecule has 0 saturated heterocycles. The number of anilines is 1. The molecule has 0 bridgehead atoms. The first kappa shape index (κ1) is 12.8. The minimum atomic E-state index is -0.609. The van der Waals surface area contributed by atoms with E-state index in [1.54, 1.807) is 12.1 Å². The Morgan fingerprint density at radius 1 is 1.35 bits per heavy atom. The molecule has 0 unspecified atom stereocenters. The fourth-order valence-corrected chi connectivity index (χ4v) is 1.16. The average molecular weight is 238 g/mol. The van der Waals surface area contributed by atoms with Crippen molar-refractivity contribution in [1.82, 2.24) is 0 Å². The molecule has 0 aromatic heterocycles. The number of hydrogen-bond donors (Lipinski definition) is 2. The SMILES string of the molecule is COc1ccc(N)c(C(=O)OCCC(N)=O)c1. The molecular formula is C11H14N2O4. The average Bonchev–Trinajstić information content (AvgIpc) is 2.29. The van der Waals surface area contributed by atoms with Crippen molar-refractivity contribution in [3.05, 3.63) is 23.8 Å². The van der Waals surface area contributed by atoms with Gasteiger partial charge in [0.05, 0.1) is 19.1 Å². The van der Waals surface area contributed by atoms with Gasteiger partial charge in [0.2, 0.25) is 5.91 Å². The number of benzene rings is 1. The highest BCUT2D eigenvalue weighted by Gasteiger charge is 2.12. The number of methoxy groups -OCH3 is 1. The van der Waals surface area contributed by atoms with Gasteiger partial charge in [0, 0.05) is 5.69 Å². The van der Waals surface area contributed by atoms with Crippen molar-refractivity contribution in [3.8, 4) is 5.75 Å². The van der Waals surface area contributed by atoms with E-state index in [1.165, 1.54) is 13.2 Å². The number of nitrogens with two attached hydrogens (primary N) is 2. The minimum absolute atomic E-state index is 0.0182. The molecule has 0 heterocycles. The summed E-state index contributed by atoms with van der Waals surface area (Å²) in [5.41, 5.74) is 11.0. The van der Waals surface area contributed by atoms with Crippen LogP contribution in [0.2, 0.25) is 0 Å². The van der Waals surface area contributed by atoms with Crippen LogP contribution in [0.4, 0.5) is 5.69 Å². The molecule has 6 nitrogen and oxygen atoms in total. The van der Waals surface area contributed by atoms with Gasteiger partial charge in [-0.15, -0.1) is 0 Å². The normalized spacial score (nSPS) is 9.71. The highest BCUT2D eigenvalue weighted by atomic mass is 16.5. The maximum absolute atomic E-state index is 11.6. The summed E-state index contributed by atoms with van der Waals surface area (Å²) in [6, 6.07) is 4.65. The fourth-order valence-electron chi connectivity index (χ4n) is 1.16. The predicted molar refractivity (Wildman–Crippen MR) is 61.5 cm³/mol. The molecule has 92 valence electrons. The Kier molecular flexibility index (Phi) is 4.33. The number of hydrogen-bond acceptors (Lipinski definition) is 5. The second-order valence-corrected chi connectivity index (χ2v) is 3.31. The highest BCUT2D eigenvalue weighted by molar-refractivity contribution is 5.95. The maximum atomic E-state index is 11.6. The van der Waals surface area contributed by atoms with Gasteiger partial charge in [-0.1, -0.05) is 0 Å². The van der Waals surface area contributed by atoms with E-state index in [4.69, 9.17) is 20.9 Å². The van der Waals surface area contributed by atoms with Crippen LogP contribution in [0.5, 0.6) is 5.75 Å². The van der Waals surface area contributed by atoms with Crippen molar-refractivity contribution in [3.63, 3.8) is 0 Å². The largest absolute Gasteiger partial charge is 0.497 e. The first-order valence-corrected chi connectivity index (χ1v) is 4.93. The van der Waals surface area contributed by atoms with Gasteiger partial charge in [-0.25, -0.2) is 4.79 Å². The van der Waals surface area contributed by atoms with Crippen LogP contribution in [0.3, 0.4) is 0 Å². The molecule has 17 heavy (non-hydrogen) atoms. The third-order valence-electron chi connectivity index (χ3n) is 2.06. The lowest BCUT2D eigenvalue weighted by Crippen LogP contribution is -2.16. The molecule has 0 spiro atoms. The zero-order valence-electron chi connectivity index (χ0n) is 9.43. The van der Waals surface area contributed by atoms with Gasteiger partial charge in [-0.2, -0.15) is 0 Å². The summed E-state index contributed by atoms with van der Waals surface area (Å²) in [4.78, 5) is 22.1. The minimum Gasteiger partial charge on any atom is -0.497 e. The summed E-state index contributed by atoms with van der Waals surface area (Å²) in [5, 5.41) is 0. The monoisotopic (exact) mass is 238 g/mol. The fraction of sp³-hybridized carbons (Fsp3) is 0.273. The van der Waals surface area contributed by atoms with Crippen LogP contribution in [0.1, 0.15) is 16.8 Å². The summed E-state index contributed by atoms with van der Waals surface area (Å²) >= 11 is 0. The van der Waals surface area contributed by atoms with Crippen molar-refractivity contribution in [1.29, 1.82) is 0 Å². The van der Waals surface area contributed by atoms with E-state index in [1.807, 2.05) is 0 Å². The van der Waals surface area contributed by atoms with E-state index in [0.717, 1.165) is 0 Å². The van der Waals surface area contributed by atoms with Crippen molar-refractivity contribution in [2.45, 2.75) is 6.42 Å². The molecule has 1 aromatic rings. The summed E-state index contributed by atoms with van der Waals surface area (Å²) in [6.07, 6.45) is -0.0182. The second kappa shape index (κ2) is 5.74. The van der Waals surface area contributed by atoms with E-state index in [9.17, 15) is 9.59 Å². The molecule has 0 aliphatic carbocycles. The molecular weight excluding hydrogens is 224 g/mol. The molecule has 6 heteroatoms. The molecule has 0 aliphatic rings. The smallest absolute Gasteiger partial charge is 0.340 e. The van der Waals surface area contributed by atoms with Crippen LogP contribution in [-0.2, 0) is 9.53 Å². The van der Waals surface area contributed by atoms with Crippen LogP contribution in [-0.4, -0.2) is 25.6 Å². The van der Waals surface area contributed by atoms with E-state index >= 15 is 0 Å². The van der Waals surface area contributed by atoms with Gasteiger partial charge in [-0.3, -0.25) is 4.79 Å². The maximum Gasteiger partial charge on any atom is 0.340 e. The molecule has 1 amide bonds. The Balaban J connectivity index is 2.70. The third kappa shape index (κ3) is 3.67. The number of carbonyl (C=O) groups is 2. The van der Waals surface area contributed by atoms with Crippen LogP contribution in [0.25, 0.3) is 0 Å². The lowest BCUT2D eigenvalue weighted by Gasteiger charge is -2.07. The Morgan fingerprint density at radius 2 is 2.06 bits per heavy atom. The number of ether oxygens (including phenoxy) is 2. The molecule has 0 aliphatic heterocycles. The zero-order chi connectivity index (χ0) is 12.8. The lowest BCUT2D eigenvalue weighted by molar-refractivity contribution is -0.118. The molecule has 0 atom stereocenters. The van der Waals surface area contributed by atoms with Gasteiger partial charge in [0.15, 0.2) is 0 Å². The molecule has 1 rings (SSSR count). The molecule has 0 saturated carbocycles. The van der Waals surface area contributed by atoms with Crippen LogP contribution in [0.15, 0.2) is 18.2 Å². The van der Waals surface area contributed by atoms with Gasteiger partial charge in [-0.05, 0) is 18.2 Å². The molecule has 1 aromatic carbocycles. The van der Waals surface area contributed by atoms with Crippen LogP contribution < -0.4 is 16.2 Å². The first-order valence-electron chi connectivity index (χ1n) is 4.93. The summed E-state index contributed by atoms with van der Waals surface area (Å²) in [7, 11) is 1.48. The quantitative estimate of drug-likeness (QED) is 0.567. The topological polar surface area (TPSA) is 105 Å². The Morgan fingerprint density at radius 3 is 2.65 bits per heavy atom.